The van der Waals surface area contributed by atoms with Gasteiger partial charge in [0.1, 0.15) is 0 Å². The molecule has 1 saturated carbocycles. The van der Waals surface area contributed by atoms with Crippen LogP contribution in [0.3, 0.4) is 0 Å². The summed E-state index contributed by atoms with van der Waals surface area (Å²) in [6, 6.07) is 4.34. The molecule has 2 rings (SSSR count). The molecule has 1 fully saturated rings. The van der Waals surface area contributed by atoms with Crippen molar-refractivity contribution in [2.75, 3.05) is 11.9 Å². The van der Waals surface area contributed by atoms with Crippen LogP contribution in [0.1, 0.15) is 37.1 Å². The molecule has 1 aromatic rings. The molecule has 0 atom stereocenters. The Labute approximate surface area is 108 Å². The van der Waals surface area contributed by atoms with Crippen molar-refractivity contribution in [1.29, 1.82) is 0 Å². The van der Waals surface area contributed by atoms with Crippen molar-refractivity contribution < 1.29 is 4.79 Å². The van der Waals surface area contributed by atoms with Crippen molar-refractivity contribution in [3.8, 4) is 0 Å². The number of amides is 1. The van der Waals surface area contributed by atoms with Crippen molar-refractivity contribution in [2.24, 2.45) is 0 Å². The van der Waals surface area contributed by atoms with Gasteiger partial charge in [0.15, 0.2) is 0 Å². The van der Waals surface area contributed by atoms with Crippen LogP contribution in [0, 0.1) is 13.8 Å². The molecule has 0 bridgehead atoms. The van der Waals surface area contributed by atoms with E-state index in [4.69, 9.17) is 0 Å². The van der Waals surface area contributed by atoms with Crippen molar-refractivity contribution in [2.45, 2.75) is 45.6 Å². The molecule has 1 heterocycles. The topological polar surface area (TPSA) is 54.0 Å². The second-order valence-electron chi connectivity index (χ2n) is 5.00. The lowest BCUT2D eigenvalue weighted by Gasteiger charge is -2.12. The van der Waals surface area contributed by atoms with E-state index >= 15 is 0 Å². The predicted octanol–water partition coefficient (Wildman–Crippen LogP) is 2.17. The van der Waals surface area contributed by atoms with Crippen molar-refractivity contribution >= 4 is 11.6 Å². The predicted molar refractivity (Wildman–Crippen MR) is 72.6 cm³/mol. The number of aryl methyl sites for hydroxylation is 2. The molecule has 1 amide bonds. The highest BCUT2D eigenvalue weighted by atomic mass is 16.1. The largest absolute Gasteiger partial charge is 0.323 e. The van der Waals surface area contributed by atoms with Gasteiger partial charge in [0, 0.05) is 11.7 Å². The molecule has 0 spiro atoms. The monoisotopic (exact) mass is 247 g/mol. The lowest BCUT2D eigenvalue weighted by molar-refractivity contribution is -0.115. The van der Waals surface area contributed by atoms with Crippen LogP contribution in [-0.4, -0.2) is 23.5 Å². The molecule has 4 heteroatoms. The lowest BCUT2D eigenvalue weighted by Crippen LogP contribution is -2.34. The van der Waals surface area contributed by atoms with Gasteiger partial charge in [-0.25, -0.2) is 0 Å². The number of carbonyl (C=O) groups excluding carboxylic acids is 1. The molecular formula is C14H21N3O. The minimum absolute atomic E-state index is 0.00986. The molecule has 0 saturated heterocycles. The zero-order valence-corrected chi connectivity index (χ0v) is 11.1. The molecule has 4 nitrogen and oxygen atoms in total. The van der Waals surface area contributed by atoms with Crippen LogP contribution in [0.2, 0.25) is 0 Å². The van der Waals surface area contributed by atoms with Crippen molar-refractivity contribution in [3.63, 3.8) is 0 Å². The Morgan fingerprint density at radius 1 is 1.33 bits per heavy atom. The van der Waals surface area contributed by atoms with Gasteiger partial charge >= 0.3 is 0 Å². The van der Waals surface area contributed by atoms with Crippen LogP contribution in [0.4, 0.5) is 5.69 Å². The highest BCUT2D eigenvalue weighted by Crippen LogP contribution is 2.17. The average Bonchev–Trinajstić information content (AvgIpc) is 2.83. The van der Waals surface area contributed by atoms with Gasteiger partial charge in [-0.05, 0) is 38.8 Å². The zero-order chi connectivity index (χ0) is 13.0. The third-order valence-electron chi connectivity index (χ3n) is 3.41. The fourth-order valence-electron chi connectivity index (χ4n) is 2.38. The quantitative estimate of drug-likeness (QED) is 0.857. The van der Waals surface area contributed by atoms with Crippen LogP contribution < -0.4 is 10.6 Å². The summed E-state index contributed by atoms with van der Waals surface area (Å²) in [5, 5.41) is 6.20. The molecule has 18 heavy (non-hydrogen) atoms. The summed E-state index contributed by atoms with van der Waals surface area (Å²) < 4.78 is 0. The van der Waals surface area contributed by atoms with Gasteiger partial charge in [-0.3, -0.25) is 9.78 Å². The van der Waals surface area contributed by atoms with E-state index in [1.165, 1.54) is 25.7 Å². The fraction of sp³-hybridized carbons (Fsp3) is 0.571. The van der Waals surface area contributed by atoms with E-state index in [1.54, 1.807) is 0 Å². The van der Waals surface area contributed by atoms with Gasteiger partial charge in [0.05, 0.1) is 17.9 Å². The van der Waals surface area contributed by atoms with Crippen LogP contribution in [0.5, 0.6) is 0 Å². The molecule has 98 valence electrons. The molecule has 2 N–H and O–H groups in total. The van der Waals surface area contributed by atoms with Gasteiger partial charge in [-0.2, -0.15) is 0 Å². The highest BCUT2D eigenvalue weighted by Gasteiger charge is 2.15. The van der Waals surface area contributed by atoms with Crippen LogP contribution in [-0.2, 0) is 4.79 Å². The average molecular weight is 247 g/mol. The maximum Gasteiger partial charge on any atom is 0.238 e. The number of hydrogen-bond donors (Lipinski definition) is 2. The van der Waals surface area contributed by atoms with Gasteiger partial charge in [-0.15, -0.1) is 0 Å². The van der Waals surface area contributed by atoms with Gasteiger partial charge in [0.25, 0.3) is 0 Å². The normalized spacial score (nSPS) is 15.9. The van der Waals surface area contributed by atoms with E-state index in [2.05, 4.69) is 15.6 Å². The number of nitrogens with one attached hydrogen (secondary N) is 2. The molecule has 0 radical (unpaired) electrons. The Bertz CT molecular complexity index is 425. The lowest BCUT2D eigenvalue weighted by atomic mass is 10.2. The summed E-state index contributed by atoms with van der Waals surface area (Å²) in [6.07, 6.45) is 4.94. The summed E-state index contributed by atoms with van der Waals surface area (Å²) in [7, 11) is 0. The number of rotatable bonds is 4. The number of anilines is 1. The summed E-state index contributed by atoms with van der Waals surface area (Å²) in [6.45, 7) is 4.24. The number of nitrogens with zero attached hydrogens (tertiary/aromatic N) is 1. The van der Waals surface area contributed by atoms with Crippen molar-refractivity contribution in [1.82, 2.24) is 10.3 Å². The van der Waals surface area contributed by atoms with E-state index in [9.17, 15) is 4.79 Å². The zero-order valence-electron chi connectivity index (χ0n) is 11.1. The van der Waals surface area contributed by atoms with Crippen molar-refractivity contribution in [3.05, 3.63) is 23.5 Å². The Hall–Kier alpha value is -1.42. The third-order valence-corrected chi connectivity index (χ3v) is 3.41. The Kier molecular flexibility index (Phi) is 4.31. The molecular weight excluding hydrogens is 226 g/mol. The molecule has 0 aliphatic heterocycles. The summed E-state index contributed by atoms with van der Waals surface area (Å²) in [5.41, 5.74) is 2.64. The van der Waals surface area contributed by atoms with Gasteiger partial charge in [-0.1, -0.05) is 12.8 Å². The van der Waals surface area contributed by atoms with E-state index in [0.717, 1.165) is 17.1 Å². The Morgan fingerprint density at radius 2 is 2.06 bits per heavy atom. The number of carbonyl (C=O) groups is 1. The van der Waals surface area contributed by atoms with Crippen LogP contribution in [0.25, 0.3) is 0 Å². The maximum absolute atomic E-state index is 11.8. The van der Waals surface area contributed by atoms with E-state index in [1.807, 2.05) is 26.0 Å². The number of aromatic nitrogens is 1. The Morgan fingerprint density at radius 3 is 2.72 bits per heavy atom. The molecule has 1 aromatic heterocycles. The summed E-state index contributed by atoms with van der Waals surface area (Å²) in [5.74, 6) is 0.00986. The Balaban J connectivity index is 1.82. The first-order valence-corrected chi connectivity index (χ1v) is 6.62. The minimum atomic E-state index is 0.00986. The standard InChI is InChI=1S/C14H21N3O/c1-10-7-8-13(11(2)16-10)17-14(18)9-15-12-5-3-4-6-12/h7-8,12,15H,3-6,9H2,1-2H3,(H,17,18). The SMILES string of the molecule is Cc1ccc(NC(=O)CNC2CCCC2)c(C)n1. The van der Waals surface area contributed by atoms with Gasteiger partial charge in [0.2, 0.25) is 5.91 Å². The first kappa shape index (κ1) is 13.0. The fourth-order valence-corrected chi connectivity index (χ4v) is 2.38. The van der Waals surface area contributed by atoms with Crippen LogP contribution in [0.15, 0.2) is 12.1 Å². The van der Waals surface area contributed by atoms with E-state index < -0.39 is 0 Å². The minimum Gasteiger partial charge on any atom is -0.323 e. The summed E-state index contributed by atoms with van der Waals surface area (Å²) >= 11 is 0. The first-order valence-electron chi connectivity index (χ1n) is 6.62. The second-order valence-corrected chi connectivity index (χ2v) is 5.00. The first-order chi connectivity index (χ1) is 8.65. The number of hydrogen-bond acceptors (Lipinski definition) is 3. The number of pyridine rings is 1. The summed E-state index contributed by atoms with van der Waals surface area (Å²) in [4.78, 5) is 16.1. The molecule has 1 aliphatic rings. The maximum atomic E-state index is 11.8. The van der Waals surface area contributed by atoms with E-state index in [0.29, 0.717) is 12.6 Å². The van der Waals surface area contributed by atoms with E-state index in [-0.39, 0.29) is 5.91 Å². The third kappa shape index (κ3) is 3.53. The molecule has 1 aliphatic carbocycles. The molecule has 0 aromatic carbocycles. The second kappa shape index (κ2) is 5.96. The molecule has 0 unspecified atom stereocenters. The van der Waals surface area contributed by atoms with Crippen LogP contribution >= 0.6 is 0 Å². The highest BCUT2D eigenvalue weighted by molar-refractivity contribution is 5.92. The van der Waals surface area contributed by atoms with Gasteiger partial charge < -0.3 is 10.6 Å². The smallest absolute Gasteiger partial charge is 0.238 e.